The Bertz CT molecular complexity index is 761. The van der Waals surface area contributed by atoms with Gasteiger partial charge >= 0.3 is 0 Å². The lowest BCUT2D eigenvalue weighted by Crippen LogP contribution is -2.36. The maximum atomic E-state index is 12.6. The summed E-state index contributed by atoms with van der Waals surface area (Å²) in [4.78, 5) is 26.7. The van der Waals surface area contributed by atoms with E-state index in [-0.39, 0.29) is 11.8 Å². The summed E-state index contributed by atoms with van der Waals surface area (Å²) >= 11 is 3.43. The van der Waals surface area contributed by atoms with E-state index in [9.17, 15) is 9.59 Å². The van der Waals surface area contributed by atoms with Crippen LogP contribution < -0.4 is 10.2 Å². The molecule has 1 saturated heterocycles. The van der Waals surface area contributed by atoms with Crippen LogP contribution in [0.4, 0.5) is 5.69 Å². The summed E-state index contributed by atoms with van der Waals surface area (Å²) in [7, 11) is 0. The Labute approximate surface area is 150 Å². The Morgan fingerprint density at radius 2 is 2.00 bits per heavy atom. The van der Waals surface area contributed by atoms with Gasteiger partial charge in [0.1, 0.15) is 5.92 Å². The van der Waals surface area contributed by atoms with Crippen molar-refractivity contribution in [1.29, 1.82) is 0 Å². The van der Waals surface area contributed by atoms with Gasteiger partial charge in [-0.2, -0.15) is 0 Å². The zero-order chi connectivity index (χ0) is 17.1. The smallest absolute Gasteiger partial charge is 0.239 e. The average molecular weight is 387 g/mol. The Morgan fingerprint density at radius 3 is 2.71 bits per heavy atom. The van der Waals surface area contributed by atoms with Crippen LogP contribution in [0.1, 0.15) is 17.5 Å². The quantitative estimate of drug-likeness (QED) is 0.818. The van der Waals surface area contributed by atoms with Gasteiger partial charge in [-0.25, -0.2) is 0 Å². The van der Waals surface area contributed by atoms with Crippen molar-refractivity contribution in [2.24, 2.45) is 5.92 Å². The number of aryl methyl sites for hydroxylation is 1. The standard InChI is InChI=1S/C19H19BrN2O2/c1-13-11-15(20)7-8-17(13)22-10-9-16(19(22)24)18(23)21-12-14-5-3-2-4-6-14/h2-8,11,16H,9-10,12H2,1H3,(H,21,23). The van der Waals surface area contributed by atoms with E-state index in [0.717, 1.165) is 21.3 Å². The van der Waals surface area contributed by atoms with Crippen LogP contribution in [0, 0.1) is 12.8 Å². The van der Waals surface area contributed by atoms with Gasteiger partial charge in [0.15, 0.2) is 0 Å². The molecule has 4 nitrogen and oxygen atoms in total. The molecule has 24 heavy (non-hydrogen) atoms. The topological polar surface area (TPSA) is 49.4 Å². The minimum atomic E-state index is -0.600. The van der Waals surface area contributed by atoms with E-state index in [1.807, 2.05) is 55.5 Å². The van der Waals surface area contributed by atoms with Crippen molar-refractivity contribution in [3.8, 4) is 0 Å². The monoisotopic (exact) mass is 386 g/mol. The first-order valence-corrected chi connectivity index (χ1v) is 8.75. The first-order valence-electron chi connectivity index (χ1n) is 7.95. The molecule has 0 spiro atoms. The molecule has 3 rings (SSSR count). The summed E-state index contributed by atoms with van der Waals surface area (Å²) in [6, 6.07) is 15.5. The van der Waals surface area contributed by atoms with Gasteiger partial charge < -0.3 is 10.2 Å². The van der Waals surface area contributed by atoms with Crippen molar-refractivity contribution in [2.45, 2.75) is 19.9 Å². The molecular weight excluding hydrogens is 368 g/mol. The molecule has 1 N–H and O–H groups in total. The summed E-state index contributed by atoms with van der Waals surface area (Å²) in [5, 5.41) is 2.87. The molecule has 0 saturated carbocycles. The molecule has 5 heteroatoms. The molecule has 2 aromatic carbocycles. The molecule has 1 aliphatic heterocycles. The zero-order valence-electron chi connectivity index (χ0n) is 13.5. The molecule has 0 bridgehead atoms. The number of hydrogen-bond donors (Lipinski definition) is 1. The van der Waals surface area contributed by atoms with E-state index >= 15 is 0 Å². The fraction of sp³-hybridized carbons (Fsp3) is 0.263. The lowest BCUT2D eigenvalue weighted by atomic mass is 10.1. The van der Waals surface area contributed by atoms with E-state index < -0.39 is 5.92 Å². The van der Waals surface area contributed by atoms with Gasteiger partial charge in [-0.1, -0.05) is 46.3 Å². The van der Waals surface area contributed by atoms with E-state index in [1.165, 1.54) is 0 Å². The predicted molar refractivity (Wildman–Crippen MR) is 97.6 cm³/mol. The number of amides is 2. The molecule has 0 radical (unpaired) electrons. The molecule has 0 aliphatic carbocycles. The largest absolute Gasteiger partial charge is 0.351 e. The summed E-state index contributed by atoms with van der Waals surface area (Å²) in [5.74, 6) is -0.913. The molecule has 1 heterocycles. The van der Waals surface area contributed by atoms with Crippen LogP contribution in [0.3, 0.4) is 0 Å². The summed E-state index contributed by atoms with van der Waals surface area (Å²) in [5.41, 5.74) is 2.92. The number of rotatable bonds is 4. The lowest BCUT2D eigenvalue weighted by molar-refractivity contribution is -0.132. The highest BCUT2D eigenvalue weighted by Crippen LogP contribution is 2.29. The number of carbonyl (C=O) groups excluding carboxylic acids is 2. The van der Waals surface area contributed by atoms with Crippen LogP contribution in [0.5, 0.6) is 0 Å². The van der Waals surface area contributed by atoms with Gasteiger partial charge in [0.05, 0.1) is 0 Å². The third kappa shape index (κ3) is 3.51. The normalized spacial score (nSPS) is 17.2. The predicted octanol–water partition coefficient (Wildman–Crippen LogP) is 3.43. The molecule has 1 fully saturated rings. The second kappa shape index (κ2) is 7.18. The van der Waals surface area contributed by atoms with Crippen molar-refractivity contribution >= 4 is 33.4 Å². The molecule has 2 aromatic rings. The van der Waals surface area contributed by atoms with Crippen molar-refractivity contribution in [2.75, 3.05) is 11.4 Å². The maximum Gasteiger partial charge on any atom is 0.239 e. The van der Waals surface area contributed by atoms with Crippen LogP contribution in [0.15, 0.2) is 53.0 Å². The van der Waals surface area contributed by atoms with Crippen LogP contribution in [-0.2, 0) is 16.1 Å². The second-order valence-corrected chi connectivity index (χ2v) is 6.88. The third-order valence-electron chi connectivity index (χ3n) is 4.28. The highest BCUT2D eigenvalue weighted by atomic mass is 79.9. The molecule has 2 amide bonds. The third-order valence-corrected chi connectivity index (χ3v) is 4.77. The van der Waals surface area contributed by atoms with Gasteiger partial charge in [0.2, 0.25) is 11.8 Å². The van der Waals surface area contributed by atoms with Gasteiger partial charge in [0, 0.05) is 23.2 Å². The number of anilines is 1. The van der Waals surface area contributed by atoms with Crippen molar-refractivity contribution in [3.63, 3.8) is 0 Å². The van der Waals surface area contributed by atoms with Crippen molar-refractivity contribution in [3.05, 3.63) is 64.1 Å². The van der Waals surface area contributed by atoms with Gasteiger partial charge in [-0.15, -0.1) is 0 Å². The Kier molecular flexibility index (Phi) is 5.00. The number of benzene rings is 2. The fourth-order valence-electron chi connectivity index (χ4n) is 2.99. The number of nitrogens with zero attached hydrogens (tertiary/aromatic N) is 1. The maximum absolute atomic E-state index is 12.6. The second-order valence-electron chi connectivity index (χ2n) is 5.97. The minimum Gasteiger partial charge on any atom is -0.351 e. The number of hydrogen-bond acceptors (Lipinski definition) is 2. The first-order chi connectivity index (χ1) is 11.6. The lowest BCUT2D eigenvalue weighted by Gasteiger charge is -2.19. The van der Waals surface area contributed by atoms with Crippen LogP contribution >= 0.6 is 15.9 Å². The molecule has 0 aromatic heterocycles. The van der Waals surface area contributed by atoms with Gasteiger partial charge in [0.25, 0.3) is 0 Å². The molecule has 1 aliphatic rings. The molecule has 1 atom stereocenters. The van der Waals surface area contributed by atoms with E-state index in [4.69, 9.17) is 0 Å². The Balaban J connectivity index is 1.66. The summed E-state index contributed by atoms with van der Waals surface area (Å²) in [6.07, 6.45) is 0.551. The van der Waals surface area contributed by atoms with Crippen LogP contribution in [0.25, 0.3) is 0 Å². The minimum absolute atomic E-state index is 0.119. The zero-order valence-corrected chi connectivity index (χ0v) is 15.0. The summed E-state index contributed by atoms with van der Waals surface area (Å²) in [6.45, 7) is 2.99. The fourth-order valence-corrected chi connectivity index (χ4v) is 3.47. The number of halogens is 1. The highest BCUT2D eigenvalue weighted by molar-refractivity contribution is 9.10. The highest BCUT2D eigenvalue weighted by Gasteiger charge is 2.37. The SMILES string of the molecule is Cc1cc(Br)ccc1N1CCC(C(=O)NCc2ccccc2)C1=O. The summed E-state index contributed by atoms with van der Waals surface area (Å²) < 4.78 is 0.979. The van der Waals surface area contributed by atoms with E-state index in [0.29, 0.717) is 19.5 Å². The van der Waals surface area contributed by atoms with Gasteiger partial charge in [-0.05, 0) is 42.7 Å². The molecule has 124 valence electrons. The van der Waals surface area contributed by atoms with Crippen molar-refractivity contribution < 1.29 is 9.59 Å². The average Bonchev–Trinajstić information content (AvgIpc) is 2.95. The van der Waals surface area contributed by atoms with Gasteiger partial charge in [-0.3, -0.25) is 9.59 Å². The van der Waals surface area contributed by atoms with E-state index in [1.54, 1.807) is 4.90 Å². The number of carbonyl (C=O) groups is 2. The van der Waals surface area contributed by atoms with Crippen LogP contribution in [-0.4, -0.2) is 18.4 Å². The van der Waals surface area contributed by atoms with Crippen LogP contribution in [0.2, 0.25) is 0 Å². The van der Waals surface area contributed by atoms with Crippen molar-refractivity contribution in [1.82, 2.24) is 5.32 Å². The molecular formula is C19H19BrN2O2. The Morgan fingerprint density at radius 1 is 1.25 bits per heavy atom. The molecule has 1 unspecified atom stereocenters. The van der Waals surface area contributed by atoms with E-state index in [2.05, 4.69) is 21.2 Å². The number of nitrogens with one attached hydrogen (secondary N) is 1. The Hall–Kier alpha value is -2.14. The first kappa shape index (κ1) is 16.7.